The lowest BCUT2D eigenvalue weighted by atomic mass is 9.67. The monoisotopic (exact) mass is 276 g/mol. The third-order valence-electron chi connectivity index (χ3n) is 4.78. The first-order valence-electron chi connectivity index (χ1n) is 7.58. The average Bonchev–Trinajstić information content (AvgIpc) is 2.42. The molecule has 0 aromatic heterocycles. The Bertz CT molecular complexity index is 464. The summed E-state index contributed by atoms with van der Waals surface area (Å²) >= 11 is 0. The maximum absolute atomic E-state index is 10.9. The summed E-state index contributed by atoms with van der Waals surface area (Å²) in [7, 11) is 0. The predicted molar refractivity (Wildman–Crippen MR) is 80.7 cm³/mol. The predicted octanol–water partition coefficient (Wildman–Crippen LogP) is 4.22. The van der Waals surface area contributed by atoms with Gasteiger partial charge in [0, 0.05) is 24.7 Å². The molecule has 1 aliphatic carbocycles. The van der Waals surface area contributed by atoms with Crippen LogP contribution in [0.15, 0.2) is 24.3 Å². The number of hydrogen-bond acceptors (Lipinski definition) is 3. The Labute approximate surface area is 120 Å². The number of nitrogens with one attached hydrogen (secondary N) is 1. The van der Waals surface area contributed by atoms with Gasteiger partial charge in [0.1, 0.15) is 0 Å². The van der Waals surface area contributed by atoms with Gasteiger partial charge in [0.05, 0.1) is 4.92 Å². The van der Waals surface area contributed by atoms with Crippen LogP contribution in [0.4, 0.5) is 5.69 Å². The van der Waals surface area contributed by atoms with Gasteiger partial charge < -0.3 is 5.32 Å². The summed E-state index contributed by atoms with van der Waals surface area (Å²) in [6.07, 6.45) is 6.11. The molecule has 0 bridgehead atoms. The molecule has 1 fully saturated rings. The molecule has 20 heavy (non-hydrogen) atoms. The van der Waals surface area contributed by atoms with E-state index in [2.05, 4.69) is 19.2 Å². The summed E-state index contributed by atoms with van der Waals surface area (Å²) in [5, 5.41) is 14.5. The minimum absolute atomic E-state index is 0.177. The molecule has 0 heterocycles. The van der Waals surface area contributed by atoms with Crippen LogP contribution in [0.3, 0.4) is 0 Å². The summed E-state index contributed by atoms with van der Waals surface area (Å²) in [5.74, 6) is 0. The molecule has 1 aliphatic rings. The number of non-ortho nitro benzene ring substituents is 1. The van der Waals surface area contributed by atoms with Crippen LogP contribution < -0.4 is 5.32 Å². The van der Waals surface area contributed by atoms with Crippen LogP contribution in [0.2, 0.25) is 0 Å². The molecule has 0 saturated heterocycles. The quantitative estimate of drug-likeness (QED) is 0.599. The van der Waals surface area contributed by atoms with Gasteiger partial charge in [-0.05, 0) is 36.7 Å². The fourth-order valence-corrected chi connectivity index (χ4v) is 3.02. The topological polar surface area (TPSA) is 55.2 Å². The molecule has 0 radical (unpaired) electrons. The van der Waals surface area contributed by atoms with Crippen LogP contribution in [0.25, 0.3) is 0 Å². The van der Waals surface area contributed by atoms with Crippen molar-refractivity contribution in [1.82, 2.24) is 5.32 Å². The van der Waals surface area contributed by atoms with Crippen LogP contribution in [0.1, 0.15) is 57.6 Å². The highest BCUT2D eigenvalue weighted by atomic mass is 16.6. The fourth-order valence-electron chi connectivity index (χ4n) is 3.02. The van der Waals surface area contributed by atoms with E-state index < -0.39 is 0 Å². The largest absolute Gasteiger partial charge is 0.309 e. The molecule has 4 nitrogen and oxygen atoms in total. The van der Waals surface area contributed by atoms with E-state index in [1.165, 1.54) is 25.7 Å². The number of rotatable bonds is 7. The molecule has 1 atom stereocenters. The summed E-state index contributed by atoms with van der Waals surface area (Å²) in [6.45, 7) is 5.40. The van der Waals surface area contributed by atoms with Gasteiger partial charge in [0.25, 0.3) is 5.69 Å². The van der Waals surface area contributed by atoms with Crippen molar-refractivity contribution in [2.45, 2.75) is 52.0 Å². The minimum atomic E-state index is -0.324. The van der Waals surface area contributed by atoms with Crippen LogP contribution in [-0.2, 0) is 0 Å². The summed E-state index contributed by atoms with van der Waals surface area (Å²) in [4.78, 5) is 10.5. The van der Waals surface area contributed by atoms with Gasteiger partial charge >= 0.3 is 0 Å². The Balaban J connectivity index is 2.04. The Kier molecular flexibility index (Phi) is 4.76. The van der Waals surface area contributed by atoms with Crippen molar-refractivity contribution < 1.29 is 4.92 Å². The van der Waals surface area contributed by atoms with Gasteiger partial charge in [-0.25, -0.2) is 0 Å². The molecule has 1 aromatic rings. The van der Waals surface area contributed by atoms with Gasteiger partial charge in [0.15, 0.2) is 0 Å². The number of nitrogens with zero attached hydrogens (tertiary/aromatic N) is 1. The van der Waals surface area contributed by atoms with E-state index in [4.69, 9.17) is 0 Å². The van der Waals surface area contributed by atoms with Crippen molar-refractivity contribution >= 4 is 5.69 Å². The highest BCUT2D eigenvalue weighted by Gasteiger charge is 2.35. The van der Waals surface area contributed by atoms with E-state index in [1.807, 2.05) is 6.07 Å². The number of nitro groups is 1. The van der Waals surface area contributed by atoms with Crippen molar-refractivity contribution in [3.63, 3.8) is 0 Å². The third-order valence-corrected chi connectivity index (χ3v) is 4.78. The van der Waals surface area contributed by atoms with Gasteiger partial charge in [-0.3, -0.25) is 10.1 Å². The Morgan fingerprint density at radius 3 is 2.65 bits per heavy atom. The van der Waals surface area contributed by atoms with Crippen LogP contribution in [0.5, 0.6) is 0 Å². The SMILES string of the molecule is CCC(NCC1(CC)CCC1)c1cccc([N+](=O)[O-])c1. The summed E-state index contributed by atoms with van der Waals surface area (Å²) in [6, 6.07) is 7.21. The fraction of sp³-hybridized carbons (Fsp3) is 0.625. The van der Waals surface area contributed by atoms with E-state index >= 15 is 0 Å². The second-order valence-corrected chi connectivity index (χ2v) is 5.90. The standard InChI is InChI=1S/C16H24N2O2/c1-3-15(17-12-16(4-2)9-6-10-16)13-7-5-8-14(11-13)18(19)20/h5,7-8,11,15,17H,3-4,6,9-10,12H2,1-2H3. The number of nitro benzene ring substituents is 1. The first kappa shape index (κ1) is 15.0. The second-order valence-electron chi connectivity index (χ2n) is 5.90. The lowest BCUT2D eigenvalue weighted by Gasteiger charge is -2.42. The van der Waals surface area contributed by atoms with E-state index in [0.29, 0.717) is 5.41 Å². The van der Waals surface area contributed by atoms with E-state index in [-0.39, 0.29) is 16.7 Å². The smallest absolute Gasteiger partial charge is 0.269 e. The Hall–Kier alpha value is -1.42. The molecule has 1 aromatic carbocycles. The highest BCUT2D eigenvalue weighted by molar-refractivity contribution is 5.35. The van der Waals surface area contributed by atoms with Crippen molar-refractivity contribution in [2.75, 3.05) is 6.54 Å². The van der Waals surface area contributed by atoms with E-state index in [0.717, 1.165) is 18.5 Å². The molecule has 1 N–H and O–H groups in total. The summed E-state index contributed by atoms with van der Waals surface area (Å²) < 4.78 is 0. The molecule has 1 unspecified atom stereocenters. The molecule has 0 spiro atoms. The summed E-state index contributed by atoms with van der Waals surface area (Å²) in [5.41, 5.74) is 1.66. The molecule has 1 saturated carbocycles. The van der Waals surface area contributed by atoms with Gasteiger partial charge in [0.2, 0.25) is 0 Å². The van der Waals surface area contributed by atoms with Crippen molar-refractivity contribution in [1.29, 1.82) is 0 Å². The van der Waals surface area contributed by atoms with Crippen LogP contribution in [-0.4, -0.2) is 11.5 Å². The molecule has 110 valence electrons. The zero-order valence-corrected chi connectivity index (χ0v) is 12.4. The molecule has 2 rings (SSSR count). The normalized spacial score (nSPS) is 18.3. The van der Waals surface area contributed by atoms with Crippen molar-refractivity contribution in [3.05, 3.63) is 39.9 Å². The molecule has 0 amide bonds. The first-order valence-corrected chi connectivity index (χ1v) is 7.58. The maximum Gasteiger partial charge on any atom is 0.269 e. The van der Waals surface area contributed by atoms with Gasteiger partial charge in [-0.2, -0.15) is 0 Å². The van der Waals surface area contributed by atoms with Gasteiger partial charge in [-0.15, -0.1) is 0 Å². The van der Waals surface area contributed by atoms with Crippen LogP contribution >= 0.6 is 0 Å². The molecular formula is C16H24N2O2. The lowest BCUT2D eigenvalue weighted by molar-refractivity contribution is -0.384. The van der Waals surface area contributed by atoms with E-state index in [9.17, 15) is 10.1 Å². The van der Waals surface area contributed by atoms with Gasteiger partial charge in [-0.1, -0.05) is 32.4 Å². The zero-order valence-electron chi connectivity index (χ0n) is 12.4. The minimum Gasteiger partial charge on any atom is -0.309 e. The van der Waals surface area contributed by atoms with E-state index in [1.54, 1.807) is 18.2 Å². The number of hydrogen-bond donors (Lipinski definition) is 1. The van der Waals surface area contributed by atoms with Crippen molar-refractivity contribution in [3.8, 4) is 0 Å². The second kappa shape index (κ2) is 6.35. The maximum atomic E-state index is 10.9. The molecule has 4 heteroatoms. The highest BCUT2D eigenvalue weighted by Crippen LogP contribution is 2.43. The van der Waals surface area contributed by atoms with Crippen LogP contribution in [0, 0.1) is 15.5 Å². The third kappa shape index (κ3) is 3.18. The Morgan fingerprint density at radius 2 is 2.15 bits per heavy atom. The zero-order chi connectivity index (χ0) is 14.6. The Morgan fingerprint density at radius 1 is 1.40 bits per heavy atom. The molecule has 0 aliphatic heterocycles. The van der Waals surface area contributed by atoms with Crippen molar-refractivity contribution in [2.24, 2.45) is 5.41 Å². The average molecular weight is 276 g/mol. The first-order chi connectivity index (χ1) is 9.60. The molecular weight excluding hydrogens is 252 g/mol. The lowest BCUT2D eigenvalue weighted by Crippen LogP contribution is -2.40. The number of benzene rings is 1.